The van der Waals surface area contributed by atoms with Gasteiger partial charge in [0.1, 0.15) is 12.2 Å². The van der Waals surface area contributed by atoms with Gasteiger partial charge in [0, 0.05) is 12.5 Å². The fourth-order valence-electron chi connectivity index (χ4n) is 5.22. The third kappa shape index (κ3) is 4.68. The van der Waals surface area contributed by atoms with E-state index in [0.717, 1.165) is 16.7 Å². The van der Waals surface area contributed by atoms with Crippen molar-refractivity contribution in [3.05, 3.63) is 34.4 Å². The third-order valence-electron chi connectivity index (χ3n) is 7.23. The van der Waals surface area contributed by atoms with Gasteiger partial charge in [0.15, 0.2) is 11.9 Å². The van der Waals surface area contributed by atoms with Crippen LogP contribution < -0.4 is 0 Å². The minimum atomic E-state index is -1.10. The molecule has 0 aromatic carbocycles. The van der Waals surface area contributed by atoms with Crippen molar-refractivity contribution < 1.29 is 33.4 Å². The topological polar surface area (TPSA) is 96.0 Å². The van der Waals surface area contributed by atoms with E-state index in [0.29, 0.717) is 24.8 Å². The molecule has 0 N–H and O–H groups in total. The molecule has 3 aliphatic rings. The van der Waals surface area contributed by atoms with Crippen LogP contribution in [0.3, 0.4) is 0 Å². The van der Waals surface area contributed by atoms with E-state index < -0.39 is 29.7 Å². The molecule has 7 heteroatoms. The Balaban J connectivity index is 2.21. The summed E-state index contributed by atoms with van der Waals surface area (Å²) in [5, 5.41) is 0. The van der Waals surface area contributed by atoms with Gasteiger partial charge in [0.05, 0.1) is 11.3 Å². The fraction of sp³-hybridized carbons (Fsp3) is 0.615. The first-order valence-corrected chi connectivity index (χ1v) is 11.5. The molecule has 1 heterocycles. The van der Waals surface area contributed by atoms with Crippen molar-refractivity contribution in [2.24, 2.45) is 17.3 Å². The summed E-state index contributed by atoms with van der Waals surface area (Å²) in [4.78, 5) is 50.3. The zero-order chi connectivity index (χ0) is 24.7. The summed E-state index contributed by atoms with van der Waals surface area (Å²) < 4.78 is 17.2. The zero-order valence-electron chi connectivity index (χ0n) is 20.5. The first-order valence-electron chi connectivity index (χ1n) is 11.5. The number of allylic oxidation sites excluding steroid dienone is 2. The number of esters is 3. The SMILES string of the molecule is CC(=O)O[C@H]1C(=O)C=C(C)[C@@H]2CC3=C(C)C(=O)O[C@H]3/C=C(/C)CC[C@H](OC(=O)C(C)C)[C@]21C. The maximum atomic E-state index is 13.1. The minimum Gasteiger partial charge on any atom is -0.461 e. The van der Waals surface area contributed by atoms with Crippen LogP contribution in [0.2, 0.25) is 0 Å². The quantitative estimate of drug-likeness (QED) is 0.358. The van der Waals surface area contributed by atoms with Crippen LogP contribution in [0.25, 0.3) is 0 Å². The van der Waals surface area contributed by atoms with Crippen molar-refractivity contribution >= 4 is 23.7 Å². The van der Waals surface area contributed by atoms with Gasteiger partial charge in [-0.2, -0.15) is 0 Å². The molecule has 2 aliphatic carbocycles. The van der Waals surface area contributed by atoms with Gasteiger partial charge >= 0.3 is 17.9 Å². The predicted octanol–water partition coefficient (Wildman–Crippen LogP) is 4.01. The first-order chi connectivity index (χ1) is 15.4. The van der Waals surface area contributed by atoms with Crippen molar-refractivity contribution in [2.75, 3.05) is 0 Å². The Hall–Kier alpha value is -2.70. The van der Waals surface area contributed by atoms with Gasteiger partial charge in [-0.3, -0.25) is 14.4 Å². The van der Waals surface area contributed by atoms with E-state index in [4.69, 9.17) is 14.2 Å². The van der Waals surface area contributed by atoms with Crippen LogP contribution in [-0.2, 0) is 33.4 Å². The number of hydrogen-bond acceptors (Lipinski definition) is 7. The van der Waals surface area contributed by atoms with Gasteiger partial charge in [-0.05, 0) is 63.7 Å². The van der Waals surface area contributed by atoms with E-state index in [1.807, 2.05) is 26.8 Å². The number of ketones is 1. The lowest BCUT2D eigenvalue weighted by Gasteiger charge is -2.49. The van der Waals surface area contributed by atoms with E-state index in [-0.39, 0.29) is 29.6 Å². The fourth-order valence-corrected chi connectivity index (χ4v) is 5.22. The maximum absolute atomic E-state index is 13.1. The number of hydrogen-bond donors (Lipinski definition) is 0. The van der Waals surface area contributed by atoms with Gasteiger partial charge in [-0.25, -0.2) is 4.79 Å². The number of carbonyl (C=O) groups excluding carboxylic acids is 4. The van der Waals surface area contributed by atoms with E-state index >= 15 is 0 Å². The molecule has 7 nitrogen and oxygen atoms in total. The van der Waals surface area contributed by atoms with Gasteiger partial charge in [0.25, 0.3) is 0 Å². The summed E-state index contributed by atoms with van der Waals surface area (Å²) in [6.45, 7) is 12.2. The highest BCUT2D eigenvalue weighted by atomic mass is 16.6. The Bertz CT molecular complexity index is 967. The molecule has 0 spiro atoms. The summed E-state index contributed by atoms with van der Waals surface area (Å²) in [7, 11) is 0. The normalized spacial score (nSPS) is 33.9. The highest BCUT2D eigenvalue weighted by Crippen LogP contribution is 2.51. The third-order valence-corrected chi connectivity index (χ3v) is 7.23. The molecule has 0 aromatic heterocycles. The van der Waals surface area contributed by atoms with Crippen LogP contribution >= 0.6 is 0 Å². The van der Waals surface area contributed by atoms with Gasteiger partial charge in [-0.15, -0.1) is 0 Å². The maximum Gasteiger partial charge on any atom is 0.334 e. The van der Waals surface area contributed by atoms with E-state index in [2.05, 4.69) is 0 Å². The largest absolute Gasteiger partial charge is 0.461 e. The Morgan fingerprint density at radius 3 is 2.42 bits per heavy atom. The molecule has 0 amide bonds. The van der Waals surface area contributed by atoms with Gasteiger partial charge < -0.3 is 14.2 Å². The molecule has 3 rings (SSSR count). The monoisotopic (exact) mass is 458 g/mol. The van der Waals surface area contributed by atoms with Gasteiger partial charge in [-0.1, -0.05) is 31.9 Å². The van der Waals surface area contributed by atoms with Crippen molar-refractivity contribution in [1.29, 1.82) is 0 Å². The number of ether oxygens (including phenoxy) is 3. The number of fused-ring (bicyclic) bond motifs is 2. The van der Waals surface area contributed by atoms with Crippen LogP contribution in [0.15, 0.2) is 34.4 Å². The molecule has 0 unspecified atom stereocenters. The highest BCUT2D eigenvalue weighted by Gasteiger charge is 2.57. The number of rotatable bonds is 3. The lowest BCUT2D eigenvalue weighted by atomic mass is 9.59. The molecule has 0 saturated heterocycles. The van der Waals surface area contributed by atoms with E-state index in [1.165, 1.54) is 13.0 Å². The molecule has 33 heavy (non-hydrogen) atoms. The lowest BCUT2D eigenvalue weighted by Crippen LogP contribution is -2.57. The molecule has 0 fully saturated rings. The van der Waals surface area contributed by atoms with Crippen molar-refractivity contribution in [1.82, 2.24) is 0 Å². The summed E-state index contributed by atoms with van der Waals surface area (Å²) >= 11 is 0. The van der Waals surface area contributed by atoms with Crippen molar-refractivity contribution in [3.8, 4) is 0 Å². The summed E-state index contributed by atoms with van der Waals surface area (Å²) in [6, 6.07) is 0. The Labute approximate surface area is 195 Å². The van der Waals surface area contributed by atoms with Crippen LogP contribution in [0.4, 0.5) is 0 Å². The van der Waals surface area contributed by atoms with Gasteiger partial charge in [0.2, 0.25) is 0 Å². The molecular weight excluding hydrogens is 424 g/mol. The van der Waals surface area contributed by atoms with E-state index in [9.17, 15) is 19.2 Å². The molecule has 0 bridgehead atoms. The van der Waals surface area contributed by atoms with Crippen LogP contribution in [0.5, 0.6) is 0 Å². The predicted molar refractivity (Wildman–Crippen MR) is 121 cm³/mol. The minimum absolute atomic E-state index is 0.307. The van der Waals surface area contributed by atoms with Crippen molar-refractivity contribution in [3.63, 3.8) is 0 Å². The Morgan fingerprint density at radius 1 is 1.15 bits per heavy atom. The molecule has 0 aromatic rings. The average Bonchev–Trinajstić information content (AvgIpc) is 2.97. The van der Waals surface area contributed by atoms with Crippen LogP contribution in [0, 0.1) is 17.3 Å². The second-order valence-corrected chi connectivity index (χ2v) is 10.0. The number of carbonyl (C=O) groups is 4. The Kier molecular flexibility index (Phi) is 7.01. The van der Waals surface area contributed by atoms with Crippen molar-refractivity contribution in [2.45, 2.75) is 86.0 Å². The van der Waals surface area contributed by atoms with E-state index in [1.54, 1.807) is 20.8 Å². The average molecular weight is 459 g/mol. The molecule has 0 saturated carbocycles. The summed E-state index contributed by atoms with van der Waals surface area (Å²) in [6.07, 6.45) is 2.66. The molecule has 180 valence electrons. The zero-order valence-corrected chi connectivity index (χ0v) is 20.5. The standard InChI is InChI=1S/C26H34O7/c1-13(2)24(29)33-22-9-8-14(3)10-21-18(16(5)25(30)32-21)12-19-15(4)11-20(28)23(26(19,22)7)31-17(6)27/h10-11,13,19,21-23H,8-9,12H2,1-7H3/b14-10-/t19-,21-,22-,23-,26-/m0/s1. The summed E-state index contributed by atoms with van der Waals surface area (Å²) in [5.74, 6) is -2.27. The second-order valence-electron chi connectivity index (χ2n) is 10.0. The molecule has 0 radical (unpaired) electrons. The smallest absolute Gasteiger partial charge is 0.334 e. The first kappa shape index (κ1) is 24.9. The summed E-state index contributed by atoms with van der Waals surface area (Å²) in [5.41, 5.74) is 2.17. The second kappa shape index (κ2) is 9.27. The molecular formula is C26H34O7. The van der Waals surface area contributed by atoms with Crippen LogP contribution in [0.1, 0.15) is 67.7 Å². The van der Waals surface area contributed by atoms with Crippen LogP contribution in [-0.4, -0.2) is 42.0 Å². The molecule has 1 aliphatic heterocycles. The highest BCUT2D eigenvalue weighted by molar-refractivity contribution is 5.97. The Morgan fingerprint density at radius 2 is 1.82 bits per heavy atom. The lowest BCUT2D eigenvalue weighted by molar-refractivity contribution is -0.185. The molecule has 5 atom stereocenters.